The Kier molecular flexibility index (Phi) is 4.30. The van der Waals surface area contributed by atoms with E-state index in [9.17, 15) is 5.11 Å². The molecule has 0 aromatic heterocycles. The first-order valence-corrected chi connectivity index (χ1v) is 7.26. The fourth-order valence-corrected chi connectivity index (χ4v) is 3.06. The van der Waals surface area contributed by atoms with Crippen LogP contribution >= 0.6 is 15.9 Å². The average molecular weight is 313 g/mol. The summed E-state index contributed by atoms with van der Waals surface area (Å²) in [7, 11) is 0. The van der Waals surface area contributed by atoms with Crippen LogP contribution in [0.3, 0.4) is 0 Å². The third-order valence-corrected chi connectivity index (χ3v) is 4.33. The van der Waals surface area contributed by atoms with E-state index in [0.29, 0.717) is 5.92 Å². The summed E-state index contributed by atoms with van der Waals surface area (Å²) in [6.07, 6.45) is 0.672. The second-order valence-electron chi connectivity index (χ2n) is 5.28. The van der Waals surface area contributed by atoms with Crippen molar-refractivity contribution >= 4 is 21.6 Å². The van der Waals surface area contributed by atoms with Crippen molar-refractivity contribution in [3.63, 3.8) is 0 Å². The van der Waals surface area contributed by atoms with Crippen LogP contribution < -0.4 is 10.6 Å². The highest BCUT2D eigenvalue weighted by Gasteiger charge is 2.25. The first kappa shape index (κ1) is 13.8. The molecular formula is C14H21BrN2O. The highest BCUT2D eigenvalue weighted by Crippen LogP contribution is 2.32. The summed E-state index contributed by atoms with van der Waals surface area (Å²) >= 11 is 3.63. The van der Waals surface area contributed by atoms with Gasteiger partial charge in [0, 0.05) is 23.6 Å². The van der Waals surface area contributed by atoms with E-state index in [-0.39, 0.29) is 12.1 Å². The molecule has 1 heterocycles. The van der Waals surface area contributed by atoms with Crippen LogP contribution in [0.2, 0.25) is 0 Å². The smallest absolute Gasteiger partial charge is 0.0599 e. The number of piperidine rings is 1. The number of rotatable bonds is 2. The van der Waals surface area contributed by atoms with Crippen LogP contribution in [-0.4, -0.2) is 24.3 Å². The average Bonchev–Trinajstić information content (AvgIpc) is 2.32. The van der Waals surface area contributed by atoms with Crippen LogP contribution in [0.4, 0.5) is 5.69 Å². The largest absolute Gasteiger partial charge is 0.393 e. The Morgan fingerprint density at radius 1 is 1.50 bits per heavy atom. The topological polar surface area (TPSA) is 49.5 Å². The molecule has 1 aliphatic rings. The lowest BCUT2D eigenvalue weighted by molar-refractivity contribution is 0.0970. The number of aliphatic hydroxyl groups is 1. The minimum atomic E-state index is -0.164. The van der Waals surface area contributed by atoms with Gasteiger partial charge in [0.2, 0.25) is 0 Å². The maximum atomic E-state index is 9.77. The predicted octanol–water partition coefficient (Wildman–Crippen LogP) is 2.68. The maximum Gasteiger partial charge on any atom is 0.0599 e. The number of anilines is 1. The zero-order valence-corrected chi connectivity index (χ0v) is 12.5. The summed E-state index contributed by atoms with van der Waals surface area (Å²) in [5, 5.41) is 9.77. The minimum Gasteiger partial charge on any atom is -0.393 e. The molecule has 3 nitrogen and oxygen atoms in total. The number of aliphatic hydroxyl groups excluding tert-OH is 1. The zero-order chi connectivity index (χ0) is 13.3. The summed E-state index contributed by atoms with van der Waals surface area (Å²) in [6, 6.07) is 6.35. The van der Waals surface area contributed by atoms with Crippen LogP contribution in [-0.2, 0) is 0 Å². The first-order valence-electron chi connectivity index (χ1n) is 6.47. The fraction of sp³-hybridized carbons (Fsp3) is 0.571. The Hall–Kier alpha value is -0.580. The van der Waals surface area contributed by atoms with E-state index >= 15 is 0 Å². The van der Waals surface area contributed by atoms with E-state index in [1.807, 2.05) is 6.92 Å². The highest BCUT2D eigenvalue weighted by atomic mass is 79.9. The maximum absolute atomic E-state index is 9.77. The van der Waals surface area contributed by atoms with Crippen molar-refractivity contribution in [2.75, 3.05) is 18.0 Å². The van der Waals surface area contributed by atoms with Gasteiger partial charge in [-0.3, -0.25) is 0 Å². The van der Waals surface area contributed by atoms with Gasteiger partial charge in [0.05, 0.1) is 11.8 Å². The van der Waals surface area contributed by atoms with Crippen molar-refractivity contribution < 1.29 is 5.11 Å². The Balaban J connectivity index is 2.19. The molecule has 1 fully saturated rings. The third-order valence-electron chi connectivity index (χ3n) is 3.70. The molecule has 1 saturated heterocycles. The van der Waals surface area contributed by atoms with E-state index in [1.54, 1.807) is 0 Å². The molecule has 100 valence electrons. The lowest BCUT2D eigenvalue weighted by atomic mass is 9.96. The number of hydrogen-bond acceptors (Lipinski definition) is 3. The molecule has 0 aliphatic carbocycles. The van der Waals surface area contributed by atoms with Gasteiger partial charge < -0.3 is 15.7 Å². The van der Waals surface area contributed by atoms with E-state index in [4.69, 9.17) is 5.73 Å². The Morgan fingerprint density at radius 2 is 2.22 bits per heavy atom. The Labute approximate surface area is 117 Å². The van der Waals surface area contributed by atoms with Gasteiger partial charge in [-0.05, 0) is 52.9 Å². The van der Waals surface area contributed by atoms with Gasteiger partial charge in [0.1, 0.15) is 0 Å². The normalized spacial score (nSPS) is 26.2. The van der Waals surface area contributed by atoms with Gasteiger partial charge >= 0.3 is 0 Å². The molecule has 18 heavy (non-hydrogen) atoms. The van der Waals surface area contributed by atoms with E-state index in [2.05, 4.69) is 46.0 Å². The number of nitrogens with two attached hydrogens (primary N) is 1. The van der Waals surface area contributed by atoms with Crippen molar-refractivity contribution in [1.29, 1.82) is 0 Å². The van der Waals surface area contributed by atoms with Crippen molar-refractivity contribution in [3.05, 3.63) is 28.2 Å². The molecule has 1 aromatic rings. The summed E-state index contributed by atoms with van der Waals surface area (Å²) in [5.74, 6) is 0.318. The molecule has 3 atom stereocenters. The van der Waals surface area contributed by atoms with E-state index < -0.39 is 0 Å². The second kappa shape index (κ2) is 5.59. The lowest BCUT2D eigenvalue weighted by Crippen LogP contribution is -2.42. The minimum absolute atomic E-state index is 0.0532. The molecule has 1 aliphatic heterocycles. The van der Waals surface area contributed by atoms with E-state index in [0.717, 1.165) is 29.5 Å². The SMILES string of the molecule is CC1CN(c2ccc([C@H](C)N)cc2Br)CCC1O. The van der Waals surface area contributed by atoms with Gasteiger partial charge in [-0.25, -0.2) is 0 Å². The van der Waals surface area contributed by atoms with Gasteiger partial charge in [0.15, 0.2) is 0 Å². The first-order chi connectivity index (χ1) is 8.49. The molecule has 0 saturated carbocycles. The van der Waals surface area contributed by atoms with Crippen LogP contribution in [0.5, 0.6) is 0 Å². The monoisotopic (exact) mass is 312 g/mol. The molecule has 0 bridgehead atoms. The zero-order valence-electron chi connectivity index (χ0n) is 10.9. The van der Waals surface area contributed by atoms with Gasteiger partial charge in [-0.1, -0.05) is 13.0 Å². The van der Waals surface area contributed by atoms with Crippen LogP contribution in [0, 0.1) is 5.92 Å². The molecule has 4 heteroatoms. The third kappa shape index (κ3) is 2.87. The lowest BCUT2D eigenvalue weighted by Gasteiger charge is -2.36. The van der Waals surface area contributed by atoms with Crippen molar-refractivity contribution in [2.24, 2.45) is 11.7 Å². The van der Waals surface area contributed by atoms with E-state index in [1.165, 1.54) is 5.69 Å². The fourth-order valence-electron chi connectivity index (χ4n) is 2.41. The van der Waals surface area contributed by atoms with Gasteiger partial charge in [-0.15, -0.1) is 0 Å². The molecular weight excluding hydrogens is 292 g/mol. The molecule has 2 rings (SSSR count). The summed E-state index contributed by atoms with van der Waals surface area (Å²) in [6.45, 7) is 5.89. The second-order valence-corrected chi connectivity index (χ2v) is 6.13. The summed E-state index contributed by atoms with van der Waals surface area (Å²) < 4.78 is 1.08. The van der Waals surface area contributed by atoms with Gasteiger partial charge in [-0.2, -0.15) is 0 Å². The molecule has 0 radical (unpaired) electrons. The summed E-state index contributed by atoms with van der Waals surface area (Å²) in [4.78, 5) is 2.33. The molecule has 0 amide bonds. The van der Waals surface area contributed by atoms with Crippen LogP contribution in [0.15, 0.2) is 22.7 Å². The standard InChI is InChI=1S/C14H21BrN2O/c1-9-8-17(6-5-14(9)18)13-4-3-11(10(2)16)7-12(13)15/h3-4,7,9-10,14,18H,5-6,8,16H2,1-2H3/t9?,10-,14?/m0/s1. The van der Waals surface area contributed by atoms with Gasteiger partial charge in [0.25, 0.3) is 0 Å². The molecule has 3 N–H and O–H groups in total. The van der Waals surface area contributed by atoms with Crippen LogP contribution in [0.1, 0.15) is 31.9 Å². The number of nitrogens with zero attached hydrogens (tertiary/aromatic N) is 1. The Bertz CT molecular complexity index is 422. The van der Waals surface area contributed by atoms with Crippen molar-refractivity contribution in [3.8, 4) is 0 Å². The molecule has 2 unspecified atom stereocenters. The number of benzene rings is 1. The Morgan fingerprint density at radius 3 is 2.78 bits per heavy atom. The molecule has 1 aromatic carbocycles. The number of hydrogen-bond donors (Lipinski definition) is 2. The number of halogens is 1. The van der Waals surface area contributed by atoms with Crippen LogP contribution in [0.25, 0.3) is 0 Å². The predicted molar refractivity (Wildman–Crippen MR) is 78.7 cm³/mol. The quantitative estimate of drug-likeness (QED) is 0.882. The van der Waals surface area contributed by atoms with Crippen molar-refractivity contribution in [2.45, 2.75) is 32.4 Å². The highest BCUT2D eigenvalue weighted by molar-refractivity contribution is 9.10. The molecule has 0 spiro atoms. The summed E-state index contributed by atoms with van der Waals surface area (Å²) in [5.41, 5.74) is 8.21. The van der Waals surface area contributed by atoms with Crippen molar-refractivity contribution in [1.82, 2.24) is 0 Å².